The van der Waals surface area contributed by atoms with Crippen LogP contribution in [-0.4, -0.2) is 0 Å². The predicted molar refractivity (Wildman–Crippen MR) is 83.2 cm³/mol. The van der Waals surface area contributed by atoms with Crippen LogP contribution in [-0.2, 0) is 0 Å². The van der Waals surface area contributed by atoms with Crippen LogP contribution in [0.2, 0.25) is 0 Å². The van der Waals surface area contributed by atoms with Crippen LogP contribution < -0.4 is 5.73 Å². The maximum absolute atomic E-state index is 5.31. The minimum absolute atomic E-state index is 0.587. The number of hydrogen-bond donors (Lipinski definition) is 1. The third-order valence-electron chi connectivity index (χ3n) is 3.73. The van der Waals surface area contributed by atoms with Gasteiger partial charge in [0.1, 0.15) is 0 Å². The molecular formula is C17H29N. The van der Waals surface area contributed by atoms with Gasteiger partial charge in [0.25, 0.3) is 0 Å². The number of hydrogen-bond acceptors (Lipinski definition) is 1. The molecule has 0 spiro atoms. The molecule has 0 aromatic carbocycles. The second-order valence-electron chi connectivity index (χ2n) is 5.22. The second-order valence-corrected chi connectivity index (χ2v) is 5.22. The molecule has 0 saturated heterocycles. The Bertz CT molecular complexity index is 343. The van der Waals surface area contributed by atoms with Crippen molar-refractivity contribution in [3.05, 3.63) is 48.2 Å². The molecule has 0 aliphatic heterocycles. The van der Waals surface area contributed by atoms with E-state index in [1.165, 1.54) is 12.8 Å². The van der Waals surface area contributed by atoms with Crippen LogP contribution in [0.3, 0.4) is 0 Å². The zero-order valence-electron chi connectivity index (χ0n) is 12.7. The van der Waals surface area contributed by atoms with Gasteiger partial charge in [0.15, 0.2) is 0 Å². The molecule has 0 aromatic rings. The minimum atomic E-state index is 0.587. The molecular weight excluding hydrogens is 218 g/mol. The Kier molecular flexibility index (Phi) is 7.42. The van der Waals surface area contributed by atoms with Gasteiger partial charge in [0, 0.05) is 5.70 Å². The number of rotatable bonds is 4. The van der Waals surface area contributed by atoms with E-state index < -0.39 is 0 Å². The molecule has 2 unspecified atom stereocenters. The van der Waals surface area contributed by atoms with Gasteiger partial charge in [0.2, 0.25) is 0 Å². The molecule has 0 radical (unpaired) electrons. The lowest BCUT2D eigenvalue weighted by molar-refractivity contribution is 0.596. The Hall–Kier alpha value is -1.24. The molecule has 1 aliphatic carbocycles. The summed E-state index contributed by atoms with van der Waals surface area (Å²) in [5.74, 6) is 0.929. The van der Waals surface area contributed by atoms with Gasteiger partial charge < -0.3 is 5.73 Å². The van der Waals surface area contributed by atoms with Gasteiger partial charge >= 0.3 is 0 Å². The first-order valence-corrected chi connectivity index (χ1v) is 6.79. The maximum atomic E-state index is 5.31. The summed E-state index contributed by atoms with van der Waals surface area (Å²) in [6.07, 6.45) is 12.1. The fourth-order valence-electron chi connectivity index (χ4n) is 2.25. The van der Waals surface area contributed by atoms with Gasteiger partial charge in [-0.1, -0.05) is 57.2 Å². The second kappa shape index (κ2) is 7.97. The summed E-state index contributed by atoms with van der Waals surface area (Å²) < 4.78 is 0. The zero-order chi connectivity index (χ0) is 14.2. The molecule has 1 heteroatoms. The van der Waals surface area contributed by atoms with E-state index in [2.05, 4.69) is 40.3 Å². The monoisotopic (exact) mass is 247 g/mol. The van der Waals surface area contributed by atoms with Gasteiger partial charge in [-0.05, 0) is 44.1 Å². The number of allylic oxidation sites excluding steroid dienone is 7. The molecule has 1 rings (SSSR count). The normalized spacial score (nSPS) is 27.7. The van der Waals surface area contributed by atoms with E-state index in [4.69, 9.17) is 5.73 Å². The van der Waals surface area contributed by atoms with Crippen molar-refractivity contribution in [2.45, 2.75) is 47.5 Å². The molecule has 0 aromatic heterocycles. The fourth-order valence-corrected chi connectivity index (χ4v) is 2.25. The van der Waals surface area contributed by atoms with Crippen molar-refractivity contribution in [3.8, 4) is 0 Å². The van der Waals surface area contributed by atoms with Crippen LogP contribution >= 0.6 is 0 Å². The summed E-state index contributed by atoms with van der Waals surface area (Å²) in [5.41, 5.74) is 8.36. The molecule has 102 valence electrons. The molecule has 0 amide bonds. The van der Waals surface area contributed by atoms with Gasteiger partial charge in [-0.15, -0.1) is 0 Å². The third kappa shape index (κ3) is 5.39. The van der Waals surface area contributed by atoms with Gasteiger partial charge in [-0.25, -0.2) is 0 Å². The lowest BCUT2D eigenvalue weighted by atomic mass is 9.93. The first kappa shape index (κ1) is 16.8. The first-order chi connectivity index (χ1) is 8.42. The van der Waals surface area contributed by atoms with E-state index in [1.54, 1.807) is 11.6 Å². The van der Waals surface area contributed by atoms with Crippen molar-refractivity contribution >= 4 is 0 Å². The predicted octanol–water partition coefficient (Wildman–Crippen LogP) is 4.98. The van der Waals surface area contributed by atoms with Gasteiger partial charge in [-0.3, -0.25) is 0 Å². The topological polar surface area (TPSA) is 26.0 Å². The fraction of sp³-hybridized carbons (Fsp3) is 0.529. The van der Waals surface area contributed by atoms with Gasteiger partial charge in [0.05, 0.1) is 0 Å². The number of nitrogens with two attached hydrogens (primary N) is 1. The highest BCUT2D eigenvalue weighted by atomic mass is 14.5. The summed E-state index contributed by atoms with van der Waals surface area (Å²) in [6, 6.07) is 0. The van der Waals surface area contributed by atoms with Crippen molar-refractivity contribution in [2.75, 3.05) is 0 Å². The van der Waals surface area contributed by atoms with E-state index in [1.807, 2.05) is 25.2 Å². The highest BCUT2D eigenvalue weighted by Crippen LogP contribution is 2.57. The first-order valence-electron chi connectivity index (χ1n) is 6.79. The Balaban J connectivity index is 0.000000331. The van der Waals surface area contributed by atoms with Crippen LogP contribution in [0.5, 0.6) is 0 Å². The van der Waals surface area contributed by atoms with E-state index in [-0.39, 0.29) is 0 Å². The summed E-state index contributed by atoms with van der Waals surface area (Å²) in [6.45, 7) is 14.5. The molecule has 2 atom stereocenters. The Morgan fingerprint density at radius 3 is 2.22 bits per heavy atom. The quantitative estimate of drug-likeness (QED) is 0.550. The van der Waals surface area contributed by atoms with Crippen LogP contribution in [0.15, 0.2) is 48.2 Å². The highest BCUT2D eigenvalue weighted by Gasteiger charge is 2.47. The van der Waals surface area contributed by atoms with E-state index in [9.17, 15) is 0 Å². The summed E-state index contributed by atoms with van der Waals surface area (Å²) >= 11 is 0. The SMILES string of the molecule is C/C=C(\CC)C1(C)CC1C.C=C/C=C/C=C(\C)N. The van der Waals surface area contributed by atoms with E-state index in [0.29, 0.717) is 5.41 Å². The molecule has 1 saturated carbocycles. The van der Waals surface area contributed by atoms with Crippen molar-refractivity contribution < 1.29 is 0 Å². The molecule has 1 aliphatic rings. The van der Waals surface area contributed by atoms with Crippen LogP contribution in [0.25, 0.3) is 0 Å². The highest BCUT2D eigenvalue weighted by molar-refractivity contribution is 5.22. The summed E-state index contributed by atoms with van der Waals surface area (Å²) in [4.78, 5) is 0. The van der Waals surface area contributed by atoms with E-state index in [0.717, 1.165) is 11.6 Å². The maximum Gasteiger partial charge on any atom is 0.00488 e. The van der Waals surface area contributed by atoms with Gasteiger partial charge in [-0.2, -0.15) is 0 Å². The van der Waals surface area contributed by atoms with Crippen LogP contribution in [0, 0.1) is 11.3 Å². The van der Waals surface area contributed by atoms with Crippen LogP contribution in [0.4, 0.5) is 0 Å². The molecule has 0 bridgehead atoms. The van der Waals surface area contributed by atoms with E-state index >= 15 is 0 Å². The molecule has 1 nitrogen and oxygen atoms in total. The molecule has 18 heavy (non-hydrogen) atoms. The lowest BCUT2D eigenvalue weighted by Crippen LogP contribution is -2.00. The smallest absolute Gasteiger partial charge is 0.00488 e. The Labute approximate surface area is 113 Å². The Morgan fingerprint density at radius 2 is 2.00 bits per heavy atom. The molecule has 1 fully saturated rings. The van der Waals surface area contributed by atoms with Crippen LogP contribution in [0.1, 0.15) is 47.5 Å². The molecule has 2 N–H and O–H groups in total. The summed E-state index contributed by atoms with van der Waals surface area (Å²) in [5, 5.41) is 0. The average molecular weight is 247 g/mol. The van der Waals surface area contributed by atoms with Crippen molar-refractivity contribution in [2.24, 2.45) is 17.1 Å². The minimum Gasteiger partial charge on any atom is -0.402 e. The zero-order valence-corrected chi connectivity index (χ0v) is 12.7. The standard InChI is InChI=1S/C10H18.C7H11N/c1-5-9(6-2)10(4)7-8(10)3;1-3-4-5-6-7(2)8/h5,8H,6-7H2,1-4H3;3-6H,1,8H2,2H3/b9-5+;5-4+,7-6+. The third-order valence-corrected chi connectivity index (χ3v) is 3.73. The lowest BCUT2D eigenvalue weighted by Gasteiger charge is -2.12. The summed E-state index contributed by atoms with van der Waals surface area (Å²) in [7, 11) is 0. The Morgan fingerprint density at radius 1 is 1.44 bits per heavy atom. The molecule has 0 heterocycles. The van der Waals surface area contributed by atoms with Crippen molar-refractivity contribution in [1.82, 2.24) is 0 Å². The largest absolute Gasteiger partial charge is 0.402 e. The average Bonchev–Trinajstić information content (AvgIpc) is 2.90. The van der Waals surface area contributed by atoms with Crippen molar-refractivity contribution in [3.63, 3.8) is 0 Å². The van der Waals surface area contributed by atoms with Crippen molar-refractivity contribution in [1.29, 1.82) is 0 Å².